The van der Waals surface area contributed by atoms with Crippen molar-refractivity contribution in [3.63, 3.8) is 0 Å². The number of rotatable bonds is 1. The molecule has 15 heavy (non-hydrogen) atoms. The van der Waals surface area contributed by atoms with Crippen molar-refractivity contribution in [3.8, 4) is 0 Å². The molecule has 80 valence electrons. The minimum absolute atomic E-state index is 0.280. The van der Waals surface area contributed by atoms with E-state index in [0.29, 0.717) is 18.8 Å². The average molecular weight is 211 g/mol. The van der Waals surface area contributed by atoms with Crippen LogP contribution in [0.15, 0.2) is 6.20 Å². The van der Waals surface area contributed by atoms with Gasteiger partial charge in [-0.05, 0) is 0 Å². The quantitative estimate of drug-likeness (QED) is 0.518. The number of aromatic nitrogens is 2. The molecular weight excluding hydrogens is 202 g/mol. The van der Waals surface area contributed by atoms with Crippen LogP contribution >= 0.6 is 0 Å². The minimum Gasteiger partial charge on any atom is -0.357 e. The molecule has 0 aromatic carbocycles. The van der Waals surface area contributed by atoms with Gasteiger partial charge >= 0.3 is 6.09 Å². The third-order valence-electron chi connectivity index (χ3n) is 2.01. The SMILES string of the molecule is NOC(=O)Nc1cnn2c1C(=O)NCC2. The predicted molar refractivity (Wildman–Crippen MR) is 48.9 cm³/mol. The molecule has 8 heteroatoms. The molecule has 0 atom stereocenters. The zero-order chi connectivity index (χ0) is 10.8. The van der Waals surface area contributed by atoms with Gasteiger partial charge in [0.15, 0.2) is 0 Å². The Morgan fingerprint density at radius 3 is 3.27 bits per heavy atom. The molecule has 1 aromatic heterocycles. The van der Waals surface area contributed by atoms with Crippen molar-refractivity contribution in [2.75, 3.05) is 11.9 Å². The molecule has 1 aromatic rings. The number of fused-ring (bicyclic) bond motifs is 1. The average Bonchev–Trinajstić information content (AvgIpc) is 2.63. The summed E-state index contributed by atoms with van der Waals surface area (Å²) in [5, 5.41) is 8.87. The summed E-state index contributed by atoms with van der Waals surface area (Å²) >= 11 is 0. The van der Waals surface area contributed by atoms with Crippen molar-refractivity contribution in [2.24, 2.45) is 5.90 Å². The standard InChI is InChI=1S/C7H9N5O3/c8-15-7(14)11-4-3-10-12-2-1-9-6(13)5(4)12/h3H,1-2,8H2,(H,9,13)(H,11,14). The van der Waals surface area contributed by atoms with Gasteiger partial charge < -0.3 is 10.2 Å². The molecule has 4 N–H and O–H groups in total. The van der Waals surface area contributed by atoms with E-state index in [0.717, 1.165) is 0 Å². The number of carbonyl (C=O) groups excluding carboxylic acids is 2. The molecule has 0 saturated carbocycles. The Morgan fingerprint density at radius 1 is 1.73 bits per heavy atom. The third kappa shape index (κ3) is 1.62. The van der Waals surface area contributed by atoms with E-state index in [-0.39, 0.29) is 11.6 Å². The van der Waals surface area contributed by atoms with Crippen LogP contribution in [0.2, 0.25) is 0 Å². The zero-order valence-corrected chi connectivity index (χ0v) is 7.69. The molecular formula is C7H9N5O3. The van der Waals surface area contributed by atoms with Crippen molar-refractivity contribution in [1.82, 2.24) is 15.1 Å². The van der Waals surface area contributed by atoms with Gasteiger partial charge in [0.25, 0.3) is 5.91 Å². The summed E-state index contributed by atoms with van der Waals surface area (Å²) in [7, 11) is 0. The normalized spacial score (nSPS) is 14.1. The summed E-state index contributed by atoms with van der Waals surface area (Å²) < 4.78 is 1.50. The first kappa shape index (κ1) is 9.46. The Morgan fingerprint density at radius 2 is 2.53 bits per heavy atom. The van der Waals surface area contributed by atoms with E-state index in [1.165, 1.54) is 10.9 Å². The van der Waals surface area contributed by atoms with Crippen molar-refractivity contribution < 1.29 is 14.4 Å². The number of anilines is 1. The molecule has 0 unspecified atom stereocenters. The number of nitrogens with two attached hydrogens (primary N) is 1. The van der Waals surface area contributed by atoms with Gasteiger partial charge in [0.2, 0.25) is 0 Å². The van der Waals surface area contributed by atoms with Crippen LogP contribution in [-0.2, 0) is 11.4 Å². The van der Waals surface area contributed by atoms with Gasteiger partial charge in [-0.15, -0.1) is 0 Å². The van der Waals surface area contributed by atoms with Gasteiger partial charge in [0, 0.05) is 6.54 Å². The van der Waals surface area contributed by atoms with Crippen LogP contribution in [0.25, 0.3) is 0 Å². The van der Waals surface area contributed by atoms with E-state index in [2.05, 4.69) is 26.5 Å². The summed E-state index contributed by atoms with van der Waals surface area (Å²) in [6.07, 6.45) is 0.529. The van der Waals surface area contributed by atoms with Crippen LogP contribution in [-0.4, -0.2) is 28.3 Å². The Hall–Kier alpha value is -2.09. The first-order valence-electron chi connectivity index (χ1n) is 4.24. The molecule has 1 aliphatic heterocycles. The Bertz CT molecular complexity index is 413. The summed E-state index contributed by atoms with van der Waals surface area (Å²) in [5.74, 6) is 4.37. The zero-order valence-electron chi connectivity index (χ0n) is 7.69. The van der Waals surface area contributed by atoms with Gasteiger partial charge in [-0.1, -0.05) is 0 Å². The Labute approximate surface area is 84.3 Å². The van der Waals surface area contributed by atoms with Crippen molar-refractivity contribution in [3.05, 3.63) is 11.9 Å². The minimum atomic E-state index is -0.843. The van der Waals surface area contributed by atoms with Crippen LogP contribution in [0.1, 0.15) is 10.5 Å². The second-order valence-corrected chi connectivity index (χ2v) is 2.92. The number of hydrogen-bond acceptors (Lipinski definition) is 5. The maximum absolute atomic E-state index is 11.4. The fourth-order valence-electron chi connectivity index (χ4n) is 1.38. The van der Waals surface area contributed by atoms with Crippen molar-refractivity contribution in [1.29, 1.82) is 0 Å². The van der Waals surface area contributed by atoms with Crippen molar-refractivity contribution in [2.45, 2.75) is 6.54 Å². The maximum Gasteiger partial charge on any atom is 0.430 e. The monoisotopic (exact) mass is 211 g/mol. The number of amides is 2. The van der Waals surface area contributed by atoms with E-state index >= 15 is 0 Å². The Kier molecular flexibility index (Phi) is 2.26. The van der Waals surface area contributed by atoms with Gasteiger partial charge in [0.05, 0.1) is 18.4 Å². The van der Waals surface area contributed by atoms with Gasteiger partial charge in [-0.25, -0.2) is 4.79 Å². The molecule has 2 amide bonds. The third-order valence-corrected chi connectivity index (χ3v) is 2.01. The summed E-state index contributed by atoms with van der Waals surface area (Å²) in [6.45, 7) is 1.09. The lowest BCUT2D eigenvalue weighted by Crippen LogP contribution is -2.36. The smallest absolute Gasteiger partial charge is 0.357 e. The highest BCUT2D eigenvalue weighted by molar-refractivity contribution is 6.01. The number of hydrogen-bond donors (Lipinski definition) is 3. The molecule has 0 spiro atoms. The highest BCUT2D eigenvalue weighted by atomic mass is 16.7. The predicted octanol–water partition coefficient (Wildman–Crippen LogP) is -0.951. The Balaban J connectivity index is 2.29. The largest absolute Gasteiger partial charge is 0.430 e. The van der Waals surface area contributed by atoms with Crippen LogP contribution in [0.4, 0.5) is 10.5 Å². The fourth-order valence-corrected chi connectivity index (χ4v) is 1.38. The van der Waals surface area contributed by atoms with E-state index in [4.69, 9.17) is 0 Å². The molecule has 2 heterocycles. The van der Waals surface area contributed by atoms with Gasteiger partial charge in [-0.3, -0.25) is 14.8 Å². The number of nitrogens with zero attached hydrogens (tertiary/aromatic N) is 2. The summed E-state index contributed by atoms with van der Waals surface area (Å²) in [5.41, 5.74) is 0.578. The molecule has 0 aliphatic carbocycles. The van der Waals surface area contributed by atoms with Crippen molar-refractivity contribution >= 4 is 17.7 Å². The summed E-state index contributed by atoms with van der Waals surface area (Å²) in [6, 6.07) is 0. The highest BCUT2D eigenvalue weighted by Gasteiger charge is 2.23. The molecule has 1 aliphatic rings. The number of nitrogens with one attached hydrogen (secondary N) is 2. The molecule has 8 nitrogen and oxygen atoms in total. The topological polar surface area (TPSA) is 111 Å². The first-order chi connectivity index (χ1) is 7.22. The van der Waals surface area contributed by atoms with Gasteiger partial charge in [-0.2, -0.15) is 11.0 Å². The van der Waals surface area contributed by atoms with E-state index in [1.807, 2.05) is 0 Å². The molecule has 0 bridgehead atoms. The first-order valence-corrected chi connectivity index (χ1v) is 4.24. The number of carbonyl (C=O) groups is 2. The summed E-state index contributed by atoms with van der Waals surface area (Å²) in [4.78, 5) is 26.2. The molecule has 2 rings (SSSR count). The van der Waals surface area contributed by atoms with Crippen LogP contribution in [0, 0.1) is 0 Å². The maximum atomic E-state index is 11.4. The highest BCUT2D eigenvalue weighted by Crippen LogP contribution is 2.16. The fraction of sp³-hybridized carbons (Fsp3) is 0.286. The van der Waals surface area contributed by atoms with E-state index in [9.17, 15) is 9.59 Å². The van der Waals surface area contributed by atoms with Crippen LogP contribution in [0.5, 0.6) is 0 Å². The molecule has 0 radical (unpaired) electrons. The lowest BCUT2D eigenvalue weighted by Gasteiger charge is -2.15. The van der Waals surface area contributed by atoms with Crippen LogP contribution in [0.3, 0.4) is 0 Å². The van der Waals surface area contributed by atoms with E-state index in [1.54, 1.807) is 0 Å². The second-order valence-electron chi connectivity index (χ2n) is 2.92. The molecule has 0 fully saturated rings. The van der Waals surface area contributed by atoms with Gasteiger partial charge in [0.1, 0.15) is 5.69 Å². The lowest BCUT2D eigenvalue weighted by atomic mass is 10.3. The molecule has 0 saturated heterocycles. The lowest BCUT2D eigenvalue weighted by molar-refractivity contribution is 0.0925. The second kappa shape index (κ2) is 3.58. The van der Waals surface area contributed by atoms with Crippen LogP contribution < -0.4 is 16.5 Å². The van der Waals surface area contributed by atoms with E-state index < -0.39 is 6.09 Å².